The molecule has 0 atom stereocenters. The van der Waals surface area contributed by atoms with Crippen LogP contribution in [0.1, 0.15) is 5.56 Å². The standard InChI is InChI=1S/C12H11BrN4O4/c1-20-10-3-8(4-16-17-6-14-15-7-17)2-9(13)12(10)21-5-11(18)19/h2-4,6-7H,5H2,1H3,(H,18,19). The van der Waals surface area contributed by atoms with Crippen LogP contribution in [0.2, 0.25) is 0 Å². The van der Waals surface area contributed by atoms with Gasteiger partial charge in [-0.2, -0.15) is 5.10 Å². The number of carbonyl (C=O) groups is 1. The first kappa shape index (κ1) is 15.0. The second-order valence-corrected chi connectivity index (χ2v) is 4.66. The van der Waals surface area contributed by atoms with Crippen molar-refractivity contribution in [2.24, 2.45) is 5.10 Å². The molecule has 21 heavy (non-hydrogen) atoms. The number of benzene rings is 1. The van der Waals surface area contributed by atoms with Crippen molar-refractivity contribution in [1.29, 1.82) is 0 Å². The Hall–Kier alpha value is -2.42. The first-order chi connectivity index (χ1) is 10.1. The van der Waals surface area contributed by atoms with E-state index in [0.717, 1.165) is 5.56 Å². The Morgan fingerprint density at radius 3 is 2.81 bits per heavy atom. The van der Waals surface area contributed by atoms with Crippen molar-refractivity contribution in [3.63, 3.8) is 0 Å². The van der Waals surface area contributed by atoms with Crippen molar-refractivity contribution in [1.82, 2.24) is 14.9 Å². The fraction of sp³-hybridized carbons (Fsp3) is 0.167. The first-order valence-electron chi connectivity index (χ1n) is 5.71. The van der Waals surface area contributed by atoms with E-state index >= 15 is 0 Å². The number of carboxylic acids is 1. The Balaban J connectivity index is 2.25. The third kappa shape index (κ3) is 4.02. The molecule has 1 aromatic carbocycles. The smallest absolute Gasteiger partial charge is 0.341 e. The van der Waals surface area contributed by atoms with Crippen molar-refractivity contribution in [3.05, 3.63) is 34.8 Å². The average molecular weight is 355 g/mol. The SMILES string of the molecule is COc1cc(C=Nn2cnnc2)cc(Br)c1OCC(=O)O. The van der Waals surface area contributed by atoms with Crippen LogP contribution in [0.5, 0.6) is 11.5 Å². The molecule has 0 saturated carbocycles. The molecule has 0 unspecified atom stereocenters. The van der Waals surface area contributed by atoms with Gasteiger partial charge in [0.1, 0.15) is 12.7 Å². The lowest BCUT2D eigenvalue weighted by molar-refractivity contribution is -0.139. The van der Waals surface area contributed by atoms with Gasteiger partial charge in [0.25, 0.3) is 0 Å². The Morgan fingerprint density at radius 1 is 1.48 bits per heavy atom. The Bertz CT molecular complexity index is 658. The minimum Gasteiger partial charge on any atom is -0.493 e. The molecule has 1 aromatic heterocycles. The van der Waals surface area contributed by atoms with Gasteiger partial charge in [-0.05, 0) is 33.6 Å². The molecule has 0 radical (unpaired) electrons. The lowest BCUT2D eigenvalue weighted by Gasteiger charge is -2.11. The molecule has 0 aliphatic rings. The lowest BCUT2D eigenvalue weighted by Crippen LogP contribution is -2.10. The van der Waals surface area contributed by atoms with Crippen LogP contribution in [-0.4, -0.2) is 45.9 Å². The van der Waals surface area contributed by atoms with E-state index in [9.17, 15) is 4.79 Å². The van der Waals surface area contributed by atoms with Crippen LogP contribution >= 0.6 is 15.9 Å². The van der Waals surface area contributed by atoms with E-state index in [0.29, 0.717) is 16.0 Å². The zero-order valence-electron chi connectivity index (χ0n) is 10.9. The molecule has 1 N–H and O–H groups in total. The topological polar surface area (TPSA) is 98.8 Å². The fourth-order valence-electron chi connectivity index (χ4n) is 1.48. The number of carboxylic acid groups (broad SMARTS) is 1. The van der Waals surface area contributed by atoms with Crippen LogP contribution in [0.3, 0.4) is 0 Å². The van der Waals surface area contributed by atoms with Gasteiger partial charge >= 0.3 is 5.97 Å². The molecule has 0 spiro atoms. The first-order valence-corrected chi connectivity index (χ1v) is 6.50. The highest BCUT2D eigenvalue weighted by Crippen LogP contribution is 2.36. The number of hydrogen-bond acceptors (Lipinski definition) is 6. The summed E-state index contributed by atoms with van der Waals surface area (Å²) >= 11 is 3.32. The summed E-state index contributed by atoms with van der Waals surface area (Å²) in [5.41, 5.74) is 0.732. The minimum absolute atomic E-state index is 0.321. The highest BCUT2D eigenvalue weighted by Gasteiger charge is 2.12. The number of hydrogen-bond donors (Lipinski definition) is 1. The predicted molar refractivity (Wildman–Crippen MR) is 76.8 cm³/mol. The summed E-state index contributed by atoms with van der Waals surface area (Å²) < 4.78 is 12.4. The maximum Gasteiger partial charge on any atom is 0.341 e. The molecule has 8 nitrogen and oxygen atoms in total. The average Bonchev–Trinajstić information content (AvgIpc) is 2.96. The number of rotatable bonds is 6. The van der Waals surface area contributed by atoms with Gasteiger partial charge in [0.15, 0.2) is 18.1 Å². The van der Waals surface area contributed by atoms with Gasteiger partial charge in [-0.15, -0.1) is 10.2 Å². The number of aliphatic carboxylic acids is 1. The number of ether oxygens (including phenoxy) is 2. The third-order valence-electron chi connectivity index (χ3n) is 2.34. The predicted octanol–water partition coefficient (Wildman–Crippen LogP) is 1.39. The van der Waals surface area contributed by atoms with Crippen LogP contribution in [0.15, 0.2) is 34.4 Å². The summed E-state index contributed by atoms with van der Waals surface area (Å²) in [6.45, 7) is -0.455. The highest BCUT2D eigenvalue weighted by atomic mass is 79.9. The van der Waals surface area contributed by atoms with E-state index < -0.39 is 12.6 Å². The van der Waals surface area contributed by atoms with Crippen LogP contribution in [-0.2, 0) is 4.79 Å². The van der Waals surface area contributed by atoms with E-state index in [1.807, 2.05) is 0 Å². The van der Waals surface area contributed by atoms with Crippen molar-refractivity contribution in [3.8, 4) is 11.5 Å². The quantitative estimate of drug-likeness (QED) is 0.787. The largest absolute Gasteiger partial charge is 0.493 e. The summed E-state index contributed by atoms with van der Waals surface area (Å²) in [5.74, 6) is -0.348. The van der Waals surface area contributed by atoms with E-state index in [1.165, 1.54) is 24.4 Å². The maximum atomic E-state index is 10.6. The normalized spacial score (nSPS) is 10.8. The molecule has 2 aromatic rings. The van der Waals surface area contributed by atoms with Gasteiger partial charge in [0.05, 0.1) is 17.8 Å². The molecule has 0 saturated heterocycles. The molecule has 0 bridgehead atoms. The zero-order valence-corrected chi connectivity index (χ0v) is 12.5. The van der Waals surface area contributed by atoms with Crippen molar-refractivity contribution < 1.29 is 19.4 Å². The Morgan fingerprint density at radius 2 is 2.19 bits per heavy atom. The van der Waals surface area contributed by atoms with E-state index in [4.69, 9.17) is 14.6 Å². The molecule has 0 amide bonds. The van der Waals surface area contributed by atoms with Crippen LogP contribution < -0.4 is 9.47 Å². The van der Waals surface area contributed by atoms with Gasteiger partial charge in [-0.3, -0.25) is 0 Å². The summed E-state index contributed by atoms with van der Waals surface area (Å²) in [7, 11) is 1.47. The molecular weight excluding hydrogens is 344 g/mol. The summed E-state index contributed by atoms with van der Waals surface area (Å²) in [4.78, 5) is 10.6. The number of aromatic nitrogens is 3. The molecule has 0 aliphatic carbocycles. The van der Waals surface area contributed by atoms with Crippen LogP contribution in [0.4, 0.5) is 0 Å². The second-order valence-electron chi connectivity index (χ2n) is 3.80. The van der Waals surface area contributed by atoms with Crippen molar-refractivity contribution in [2.75, 3.05) is 13.7 Å². The van der Waals surface area contributed by atoms with Gasteiger partial charge < -0.3 is 14.6 Å². The van der Waals surface area contributed by atoms with E-state index in [-0.39, 0.29) is 0 Å². The summed E-state index contributed by atoms with van der Waals surface area (Å²) in [6, 6.07) is 3.41. The molecule has 2 rings (SSSR count). The van der Waals surface area contributed by atoms with Crippen LogP contribution in [0.25, 0.3) is 0 Å². The van der Waals surface area contributed by atoms with Crippen molar-refractivity contribution >= 4 is 28.1 Å². The monoisotopic (exact) mass is 354 g/mol. The van der Waals surface area contributed by atoms with Gasteiger partial charge in [0, 0.05) is 0 Å². The third-order valence-corrected chi connectivity index (χ3v) is 2.93. The van der Waals surface area contributed by atoms with E-state index in [1.54, 1.807) is 18.3 Å². The highest BCUT2D eigenvalue weighted by molar-refractivity contribution is 9.10. The maximum absolute atomic E-state index is 10.6. The van der Waals surface area contributed by atoms with Crippen molar-refractivity contribution in [2.45, 2.75) is 0 Å². The zero-order chi connectivity index (χ0) is 15.2. The number of nitrogens with zero attached hydrogens (tertiary/aromatic N) is 4. The minimum atomic E-state index is -1.07. The molecular formula is C12H11BrN4O4. The Labute approximate surface area is 128 Å². The van der Waals surface area contributed by atoms with Crippen LogP contribution in [0, 0.1) is 0 Å². The summed E-state index contributed by atoms with van der Waals surface area (Å²) in [6.07, 6.45) is 4.48. The Kier molecular flexibility index (Phi) is 4.88. The van der Waals surface area contributed by atoms with E-state index in [2.05, 4.69) is 31.2 Å². The summed E-state index contributed by atoms with van der Waals surface area (Å²) in [5, 5.41) is 20.0. The number of halogens is 1. The molecule has 110 valence electrons. The van der Waals surface area contributed by atoms with Gasteiger partial charge in [-0.25, -0.2) is 9.47 Å². The second kappa shape index (κ2) is 6.84. The van der Waals surface area contributed by atoms with Gasteiger partial charge in [-0.1, -0.05) is 0 Å². The molecule has 0 aliphatic heterocycles. The molecule has 1 heterocycles. The molecule has 9 heteroatoms. The molecule has 0 fully saturated rings. The number of methoxy groups -OCH3 is 1. The fourth-order valence-corrected chi connectivity index (χ4v) is 2.05. The van der Waals surface area contributed by atoms with Gasteiger partial charge in [0.2, 0.25) is 0 Å². The lowest BCUT2D eigenvalue weighted by atomic mass is 10.2.